The highest BCUT2D eigenvalue weighted by Gasteiger charge is 2.04. The Balaban J connectivity index is 2.52. The van der Waals surface area contributed by atoms with E-state index in [9.17, 15) is 4.79 Å². The molecule has 0 spiro atoms. The molecule has 0 unspecified atom stereocenters. The van der Waals surface area contributed by atoms with E-state index < -0.39 is 5.97 Å². The fourth-order valence-electron chi connectivity index (χ4n) is 1.48. The molecule has 0 atom stereocenters. The topological polar surface area (TPSA) is 44.1 Å². The van der Waals surface area contributed by atoms with Gasteiger partial charge in [0.25, 0.3) is 0 Å². The molecule has 4 nitrogen and oxygen atoms in total. The maximum absolute atomic E-state index is 10.9. The van der Waals surface area contributed by atoms with Gasteiger partial charge in [0.05, 0.1) is 12.7 Å². The molecule has 2 rings (SSSR count). The summed E-state index contributed by atoms with van der Waals surface area (Å²) in [6.45, 7) is 0. The number of carbonyl (C=O) groups excluding carboxylic acids is 1. The SMILES string of the molecule is COC(=O)C#Cc1cn(C)c2ncccc12. The summed E-state index contributed by atoms with van der Waals surface area (Å²) in [5.41, 5.74) is 1.62. The number of esters is 1. The van der Waals surface area contributed by atoms with Crippen LogP contribution >= 0.6 is 0 Å². The van der Waals surface area contributed by atoms with E-state index in [1.807, 2.05) is 29.9 Å². The second kappa shape index (κ2) is 4.07. The van der Waals surface area contributed by atoms with Crippen molar-refractivity contribution in [3.8, 4) is 11.8 Å². The molecule has 0 bridgehead atoms. The number of rotatable bonds is 0. The average Bonchev–Trinajstić information content (AvgIpc) is 2.64. The molecule has 2 aromatic rings. The smallest absolute Gasteiger partial charge is 0.384 e. The predicted molar refractivity (Wildman–Crippen MR) is 59.6 cm³/mol. The first-order chi connectivity index (χ1) is 7.72. The zero-order valence-corrected chi connectivity index (χ0v) is 9.02. The quantitative estimate of drug-likeness (QED) is 0.487. The molecule has 80 valence electrons. The van der Waals surface area contributed by atoms with E-state index in [0.29, 0.717) is 0 Å². The molecule has 4 heteroatoms. The lowest BCUT2D eigenvalue weighted by Crippen LogP contribution is -1.94. The number of aromatic nitrogens is 2. The van der Waals surface area contributed by atoms with Gasteiger partial charge in [-0.1, -0.05) is 5.92 Å². The largest absolute Gasteiger partial charge is 0.459 e. The van der Waals surface area contributed by atoms with Crippen molar-refractivity contribution in [2.24, 2.45) is 7.05 Å². The predicted octanol–water partition coefficient (Wildman–Crippen LogP) is 1.10. The third kappa shape index (κ3) is 1.75. The molecular formula is C12H10N2O2. The van der Waals surface area contributed by atoms with Gasteiger partial charge in [0.2, 0.25) is 0 Å². The first kappa shape index (κ1) is 10.2. The van der Waals surface area contributed by atoms with Crippen molar-refractivity contribution in [2.75, 3.05) is 7.11 Å². The molecule has 0 radical (unpaired) electrons. The van der Waals surface area contributed by atoms with Crippen LogP contribution in [0, 0.1) is 11.8 Å². The Morgan fingerprint density at radius 1 is 1.56 bits per heavy atom. The van der Waals surface area contributed by atoms with Gasteiger partial charge in [-0.3, -0.25) is 0 Å². The lowest BCUT2D eigenvalue weighted by molar-refractivity contribution is -0.133. The maximum Gasteiger partial charge on any atom is 0.384 e. The lowest BCUT2D eigenvalue weighted by Gasteiger charge is -1.91. The summed E-state index contributed by atoms with van der Waals surface area (Å²) in [6.07, 6.45) is 3.56. The highest BCUT2D eigenvalue weighted by Crippen LogP contribution is 2.16. The zero-order chi connectivity index (χ0) is 11.5. The standard InChI is InChI=1S/C12H10N2O2/c1-14-8-9(5-6-11(15)16-2)10-4-3-7-13-12(10)14/h3-4,7-8H,1-2H3. The molecule has 0 fully saturated rings. The van der Waals surface area contributed by atoms with Gasteiger partial charge in [-0.15, -0.1) is 0 Å². The molecule has 0 aliphatic rings. The van der Waals surface area contributed by atoms with Gasteiger partial charge >= 0.3 is 5.97 Å². The fraction of sp³-hybridized carbons (Fsp3) is 0.167. The number of aryl methyl sites for hydroxylation is 1. The summed E-state index contributed by atoms with van der Waals surface area (Å²) < 4.78 is 6.33. The Labute approximate surface area is 92.9 Å². The summed E-state index contributed by atoms with van der Waals surface area (Å²) in [6, 6.07) is 3.76. The average molecular weight is 214 g/mol. The summed E-state index contributed by atoms with van der Waals surface area (Å²) >= 11 is 0. The van der Waals surface area contributed by atoms with Crippen molar-refractivity contribution in [1.82, 2.24) is 9.55 Å². The molecule has 0 saturated carbocycles. The number of carbonyl (C=O) groups is 1. The van der Waals surface area contributed by atoms with Gasteiger partial charge in [0.15, 0.2) is 0 Å². The summed E-state index contributed by atoms with van der Waals surface area (Å²) in [5, 5.41) is 0.932. The monoisotopic (exact) mass is 214 g/mol. The van der Waals surface area contributed by atoms with Crippen LogP contribution in [-0.2, 0) is 16.6 Å². The second-order valence-corrected chi connectivity index (χ2v) is 3.27. The molecule has 0 saturated heterocycles. The van der Waals surface area contributed by atoms with Gasteiger partial charge in [-0.2, -0.15) is 0 Å². The molecule has 16 heavy (non-hydrogen) atoms. The highest BCUT2D eigenvalue weighted by atomic mass is 16.5. The second-order valence-electron chi connectivity index (χ2n) is 3.27. The number of nitrogens with zero attached hydrogens (tertiary/aromatic N) is 2. The van der Waals surface area contributed by atoms with Crippen LogP contribution in [-0.4, -0.2) is 22.6 Å². The molecule has 0 aliphatic carbocycles. The molecule has 2 aromatic heterocycles. The van der Waals surface area contributed by atoms with E-state index in [0.717, 1.165) is 16.6 Å². The van der Waals surface area contributed by atoms with E-state index in [2.05, 4.69) is 21.6 Å². The van der Waals surface area contributed by atoms with E-state index in [-0.39, 0.29) is 0 Å². The molecule has 0 amide bonds. The normalized spacial score (nSPS) is 9.62. The lowest BCUT2D eigenvalue weighted by atomic mass is 10.2. The zero-order valence-electron chi connectivity index (χ0n) is 9.02. The van der Waals surface area contributed by atoms with Crippen LogP contribution in [0.3, 0.4) is 0 Å². The van der Waals surface area contributed by atoms with Crippen molar-refractivity contribution in [3.63, 3.8) is 0 Å². The van der Waals surface area contributed by atoms with Crippen LogP contribution in [0.1, 0.15) is 5.56 Å². The van der Waals surface area contributed by atoms with Crippen LogP contribution in [0.15, 0.2) is 24.5 Å². The maximum atomic E-state index is 10.9. The molecule has 0 aliphatic heterocycles. The first-order valence-electron chi connectivity index (χ1n) is 4.72. The summed E-state index contributed by atoms with van der Waals surface area (Å²) in [7, 11) is 3.19. The van der Waals surface area contributed by atoms with Gasteiger partial charge in [0, 0.05) is 30.7 Å². The Bertz CT molecular complexity index is 602. The molecular weight excluding hydrogens is 204 g/mol. The van der Waals surface area contributed by atoms with Gasteiger partial charge in [-0.05, 0) is 12.1 Å². The first-order valence-corrected chi connectivity index (χ1v) is 4.72. The number of fused-ring (bicyclic) bond motifs is 1. The van der Waals surface area contributed by atoms with Gasteiger partial charge in [-0.25, -0.2) is 9.78 Å². The van der Waals surface area contributed by atoms with Crippen molar-refractivity contribution in [2.45, 2.75) is 0 Å². The highest BCUT2D eigenvalue weighted by molar-refractivity contribution is 5.91. The Kier molecular flexibility index (Phi) is 2.61. The minimum Gasteiger partial charge on any atom is -0.459 e. The number of pyridine rings is 1. The van der Waals surface area contributed by atoms with Crippen LogP contribution in [0.25, 0.3) is 11.0 Å². The molecule has 0 N–H and O–H groups in total. The van der Waals surface area contributed by atoms with E-state index >= 15 is 0 Å². The fourth-order valence-corrected chi connectivity index (χ4v) is 1.48. The van der Waals surface area contributed by atoms with Crippen molar-refractivity contribution < 1.29 is 9.53 Å². The van der Waals surface area contributed by atoms with Crippen molar-refractivity contribution >= 4 is 17.0 Å². The van der Waals surface area contributed by atoms with Crippen LogP contribution < -0.4 is 0 Å². The van der Waals surface area contributed by atoms with E-state index in [4.69, 9.17) is 0 Å². The van der Waals surface area contributed by atoms with Crippen molar-refractivity contribution in [3.05, 3.63) is 30.1 Å². The summed E-state index contributed by atoms with van der Waals surface area (Å²) in [5.74, 6) is 4.63. The van der Waals surface area contributed by atoms with Crippen LogP contribution in [0.5, 0.6) is 0 Å². The Hall–Kier alpha value is -2.28. The van der Waals surface area contributed by atoms with E-state index in [1.54, 1.807) is 6.20 Å². The third-order valence-corrected chi connectivity index (χ3v) is 2.22. The number of methoxy groups -OCH3 is 1. The minimum atomic E-state index is -0.541. The van der Waals surface area contributed by atoms with E-state index in [1.165, 1.54) is 7.11 Å². The molecule has 2 heterocycles. The van der Waals surface area contributed by atoms with Crippen LogP contribution in [0.4, 0.5) is 0 Å². The number of hydrogen-bond donors (Lipinski definition) is 0. The van der Waals surface area contributed by atoms with Gasteiger partial charge in [0.1, 0.15) is 5.65 Å². The van der Waals surface area contributed by atoms with Crippen molar-refractivity contribution in [1.29, 1.82) is 0 Å². The Morgan fingerprint density at radius 3 is 3.12 bits per heavy atom. The number of ether oxygens (including phenoxy) is 1. The Morgan fingerprint density at radius 2 is 2.38 bits per heavy atom. The third-order valence-electron chi connectivity index (χ3n) is 2.22. The van der Waals surface area contributed by atoms with Crippen LogP contribution in [0.2, 0.25) is 0 Å². The molecule has 0 aromatic carbocycles. The minimum absolute atomic E-state index is 0.541. The summed E-state index contributed by atoms with van der Waals surface area (Å²) in [4.78, 5) is 15.1. The number of hydrogen-bond acceptors (Lipinski definition) is 3. The van der Waals surface area contributed by atoms with Gasteiger partial charge < -0.3 is 9.30 Å².